The average Bonchev–Trinajstić information content (AvgIpc) is 3.24. The first-order chi connectivity index (χ1) is 15.7. The van der Waals surface area contributed by atoms with Crippen molar-refractivity contribution in [3.8, 4) is 5.75 Å². The lowest BCUT2D eigenvalue weighted by Gasteiger charge is -2.23. The maximum Gasteiger partial charge on any atom is 0.417 e. The van der Waals surface area contributed by atoms with Gasteiger partial charge in [-0.25, -0.2) is 16.3 Å². The molecule has 0 bridgehead atoms. The van der Waals surface area contributed by atoms with Gasteiger partial charge in [-0.2, -0.15) is 0 Å². The van der Waals surface area contributed by atoms with Gasteiger partial charge in [-0.3, -0.25) is 4.79 Å². The summed E-state index contributed by atoms with van der Waals surface area (Å²) in [4.78, 5) is 30.4. The molecule has 160 valence electrons. The van der Waals surface area contributed by atoms with Gasteiger partial charge in [-0.15, -0.1) is 0 Å². The van der Waals surface area contributed by atoms with Crippen LogP contribution in [0.1, 0.15) is 28.7 Å². The molecular weight excluding hydrogens is 404 g/mol. The number of benzene rings is 3. The molecule has 1 fully saturated rings. The Morgan fingerprint density at radius 3 is 2.34 bits per heavy atom. The Morgan fingerprint density at radius 2 is 1.69 bits per heavy atom. The fourth-order valence-corrected chi connectivity index (χ4v) is 3.71. The smallest absolute Gasteiger partial charge is 0.417 e. The van der Waals surface area contributed by atoms with Crippen LogP contribution < -0.4 is 4.74 Å². The lowest BCUT2D eigenvalue weighted by molar-refractivity contribution is -0.130. The summed E-state index contributed by atoms with van der Waals surface area (Å²) in [5.41, 5.74) is 2.53. The van der Waals surface area contributed by atoms with Gasteiger partial charge in [0.2, 0.25) is 12.5 Å². The lowest BCUT2D eigenvalue weighted by Crippen LogP contribution is -2.38. The second-order valence-electron chi connectivity index (χ2n) is 7.45. The van der Waals surface area contributed by atoms with Crippen LogP contribution in [-0.4, -0.2) is 30.1 Å². The Labute approximate surface area is 186 Å². The molecule has 6 heteroatoms. The fraction of sp³-hybridized carbons (Fsp3) is 0.192. The number of nitrogens with zero attached hydrogens (tertiary/aromatic N) is 2. The number of rotatable bonds is 7. The first-order valence-corrected chi connectivity index (χ1v) is 10.3. The van der Waals surface area contributed by atoms with Gasteiger partial charge in [0.15, 0.2) is 0 Å². The van der Waals surface area contributed by atoms with Gasteiger partial charge in [0.05, 0.1) is 0 Å². The van der Waals surface area contributed by atoms with E-state index in [0.29, 0.717) is 17.9 Å². The zero-order valence-corrected chi connectivity index (χ0v) is 17.4. The second kappa shape index (κ2) is 9.80. The summed E-state index contributed by atoms with van der Waals surface area (Å²) in [6, 6.07) is 25.7. The highest BCUT2D eigenvalue weighted by Crippen LogP contribution is 2.32. The van der Waals surface area contributed by atoms with Gasteiger partial charge < -0.3 is 14.3 Å². The quantitative estimate of drug-likeness (QED) is 0.500. The van der Waals surface area contributed by atoms with Crippen molar-refractivity contribution in [3.63, 3.8) is 0 Å². The lowest BCUT2D eigenvalue weighted by atomic mass is 9.96. The third kappa shape index (κ3) is 4.62. The number of hydrogen-bond donors (Lipinski definition) is 0. The van der Waals surface area contributed by atoms with Gasteiger partial charge in [-0.1, -0.05) is 72.8 Å². The maximum absolute atomic E-state index is 13.4. The predicted molar refractivity (Wildman–Crippen MR) is 119 cm³/mol. The minimum absolute atomic E-state index is 0.0612. The molecule has 1 unspecified atom stereocenters. The van der Waals surface area contributed by atoms with Crippen LogP contribution in [-0.2, 0) is 16.1 Å². The minimum Gasteiger partial charge on any atom is -0.489 e. The van der Waals surface area contributed by atoms with Crippen LogP contribution in [0.25, 0.3) is 4.85 Å². The second-order valence-corrected chi connectivity index (χ2v) is 7.45. The standard InChI is InChI=1S/C26H22N2O4/c1-27-16-23(20-12-14-22(15-13-20)31-17-19-8-4-2-5-9-19)25(29)28-24(18-32-26(28)30)21-10-6-3-7-11-21/h2-15,23-24H,16-18H2/t23?,24-/m0/s1. The average molecular weight is 426 g/mol. The molecule has 1 aliphatic rings. The summed E-state index contributed by atoms with van der Waals surface area (Å²) in [7, 11) is 0. The van der Waals surface area contributed by atoms with Crippen molar-refractivity contribution in [3.05, 3.63) is 113 Å². The van der Waals surface area contributed by atoms with Crippen LogP contribution in [0.4, 0.5) is 4.79 Å². The fourth-order valence-electron chi connectivity index (χ4n) is 3.71. The van der Waals surface area contributed by atoms with Gasteiger partial charge in [0, 0.05) is 0 Å². The van der Waals surface area contributed by atoms with E-state index in [1.807, 2.05) is 60.7 Å². The third-order valence-electron chi connectivity index (χ3n) is 5.40. The molecule has 6 nitrogen and oxygen atoms in total. The highest BCUT2D eigenvalue weighted by Gasteiger charge is 2.42. The van der Waals surface area contributed by atoms with E-state index in [9.17, 15) is 9.59 Å². The Morgan fingerprint density at radius 1 is 1.03 bits per heavy atom. The predicted octanol–water partition coefficient (Wildman–Crippen LogP) is 4.99. The van der Waals surface area contributed by atoms with Crippen molar-refractivity contribution < 1.29 is 19.1 Å². The van der Waals surface area contributed by atoms with Crippen molar-refractivity contribution in [2.24, 2.45) is 0 Å². The van der Waals surface area contributed by atoms with Gasteiger partial charge in [-0.05, 0) is 28.8 Å². The van der Waals surface area contributed by atoms with E-state index in [0.717, 1.165) is 16.0 Å². The molecular formula is C26H22N2O4. The third-order valence-corrected chi connectivity index (χ3v) is 5.40. The molecule has 1 saturated heterocycles. The molecule has 0 aliphatic carbocycles. The molecule has 32 heavy (non-hydrogen) atoms. The van der Waals surface area contributed by atoms with Gasteiger partial charge in [0.1, 0.15) is 30.9 Å². The Hall–Kier alpha value is -4.11. The van der Waals surface area contributed by atoms with E-state index < -0.39 is 24.0 Å². The van der Waals surface area contributed by atoms with Crippen LogP contribution in [0.2, 0.25) is 0 Å². The first-order valence-electron chi connectivity index (χ1n) is 10.3. The number of carbonyl (C=O) groups is 2. The molecule has 0 aromatic heterocycles. The summed E-state index contributed by atoms with van der Waals surface area (Å²) >= 11 is 0. The molecule has 2 amide bonds. The number of imide groups is 1. The molecule has 0 radical (unpaired) electrons. The number of amides is 2. The van der Waals surface area contributed by atoms with Crippen LogP contribution in [0.3, 0.4) is 0 Å². The van der Waals surface area contributed by atoms with Crippen LogP contribution >= 0.6 is 0 Å². The molecule has 1 heterocycles. The molecule has 1 aliphatic heterocycles. The SMILES string of the molecule is [C-]#[N+]CC(C(=O)N1C(=O)OC[C@H]1c1ccccc1)c1ccc(OCc2ccccc2)cc1. The van der Waals surface area contributed by atoms with E-state index in [4.69, 9.17) is 16.0 Å². The molecule has 4 rings (SSSR count). The maximum atomic E-state index is 13.4. The molecule has 0 saturated carbocycles. The van der Waals surface area contributed by atoms with Crippen LogP contribution in [0.15, 0.2) is 84.9 Å². The van der Waals surface area contributed by atoms with E-state index in [-0.39, 0.29) is 13.2 Å². The Bertz CT molecular complexity index is 1110. The summed E-state index contributed by atoms with van der Waals surface area (Å²) in [5.74, 6) is -0.544. The number of ether oxygens (including phenoxy) is 2. The monoisotopic (exact) mass is 426 g/mol. The Balaban J connectivity index is 1.51. The van der Waals surface area contributed by atoms with Crippen molar-refractivity contribution in [2.75, 3.05) is 13.2 Å². The summed E-state index contributed by atoms with van der Waals surface area (Å²) < 4.78 is 11.0. The Kier molecular flexibility index (Phi) is 6.47. The first kappa shape index (κ1) is 21.1. The summed E-state index contributed by atoms with van der Waals surface area (Å²) in [6.07, 6.45) is -0.679. The van der Waals surface area contributed by atoms with Crippen molar-refractivity contribution in [1.82, 2.24) is 4.90 Å². The normalized spacial score (nSPS) is 16.2. The highest BCUT2D eigenvalue weighted by atomic mass is 16.6. The van der Waals surface area contributed by atoms with Crippen molar-refractivity contribution in [1.29, 1.82) is 0 Å². The van der Waals surface area contributed by atoms with E-state index in [2.05, 4.69) is 4.85 Å². The molecule has 3 aromatic carbocycles. The van der Waals surface area contributed by atoms with Crippen LogP contribution in [0.5, 0.6) is 5.75 Å². The highest BCUT2D eigenvalue weighted by molar-refractivity contribution is 5.97. The number of cyclic esters (lactones) is 1. The van der Waals surface area contributed by atoms with Crippen molar-refractivity contribution >= 4 is 12.0 Å². The van der Waals surface area contributed by atoms with E-state index in [1.54, 1.807) is 24.3 Å². The minimum atomic E-state index is -0.771. The topological polar surface area (TPSA) is 60.2 Å². The van der Waals surface area contributed by atoms with Gasteiger partial charge >= 0.3 is 6.09 Å². The number of carbonyl (C=O) groups excluding carboxylic acids is 2. The molecule has 3 aromatic rings. The van der Waals surface area contributed by atoms with Gasteiger partial charge in [0.25, 0.3) is 0 Å². The summed E-state index contributed by atoms with van der Waals surface area (Å²) in [6.45, 7) is 7.80. The summed E-state index contributed by atoms with van der Waals surface area (Å²) in [5, 5.41) is 0. The van der Waals surface area contributed by atoms with Crippen LogP contribution in [0, 0.1) is 6.57 Å². The molecule has 2 atom stereocenters. The largest absolute Gasteiger partial charge is 0.489 e. The molecule has 0 spiro atoms. The molecule has 0 N–H and O–H groups in total. The zero-order valence-electron chi connectivity index (χ0n) is 17.4. The van der Waals surface area contributed by atoms with E-state index in [1.165, 1.54) is 0 Å². The van der Waals surface area contributed by atoms with Crippen molar-refractivity contribution in [2.45, 2.75) is 18.6 Å². The van der Waals surface area contributed by atoms with E-state index >= 15 is 0 Å². The zero-order chi connectivity index (χ0) is 22.3. The number of hydrogen-bond acceptors (Lipinski definition) is 4.